The summed E-state index contributed by atoms with van der Waals surface area (Å²) in [5, 5.41) is 0. The average molecular weight is 303 g/mol. The van der Waals surface area contributed by atoms with Gasteiger partial charge < -0.3 is 14.2 Å². The molecule has 0 bridgehead atoms. The number of anilines is 1. The molecule has 1 fully saturated rings. The first kappa shape index (κ1) is 17.0. The summed E-state index contributed by atoms with van der Waals surface area (Å²) in [7, 11) is -0.403. The van der Waals surface area contributed by atoms with Crippen molar-refractivity contribution >= 4 is 24.6 Å². The number of nitrogens with zero attached hydrogens (tertiary/aromatic N) is 1. The number of rotatable bonds is 5. The third-order valence-corrected chi connectivity index (χ3v) is 4.81. The van der Waals surface area contributed by atoms with Crippen LogP contribution < -0.4 is 10.4 Å². The SMILES string of the molecule is CCN(CC)c1cc(B2OC(C)(C)C(C)(C)O2)ccc1C=O. The van der Waals surface area contributed by atoms with Gasteiger partial charge in [0.25, 0.3) is 0 Å². The fourth-order valence-electron chi connectivity index (χ4n) is 2.62. The van der Waals surface area contributed by atoms with E-state index >= 15 is 0 Å². The fraction of sp³-hybridized carbons (Fsp3) is 0.588. The van der Waals surface area contributed by atoms with Crippen LogP contribution in [0.3, 0.4) is 0 Å². The molecule has 4 nitrogen and oxygen atoms in total. The van der Waals surface area contributed by atoms with Crippen LogP contribution in [0.5, 0.6) is 0 Å². The molecule has 1 heterocycles. The quantitative estimate of drug-likeness (QED) is 0.619. The second-order valence-corrected chi connectivity index (χ2v) is 6.70. The zero-order chi connectivity index (χ0) is 16.5. The van der Waals surface area contributed by atoms with Crippen molar-refractivity contribution in [3.63, 3.8) is 0 Å². The Morgan fingerprint density at radius 3 is 2.09 bits per heavy atom. The van der Waals surface area contributed by atoms with Gasteiger partial charge in [0.1, 0.15) is 0 Å². The molecule has 1 aromatic rings. The summed E-state index contributed by atoms with van der Waals surface area (Å²) < 4.78 is 12.2. The lowest BCUT2D eigenvalue weighted by atomic mass is 9.78. The van der Waals surface area contributed by atoms with E-state index in [4.69, 9.17) is 9.31 Å². The van der Waals surface area contributed by atoms with Crippen molar-refractivity contribution in [2.75, 3.05) is 18.0 Å². The standard InChI is InChI=1S/C17H26BNO3/c1-7-19(8-2)15-11-14(10-9-13(15)12-20)18-21-16(3,4)17(5,6)22-18/h9-12H,7-8H2,1-6H3. The maximum atomic E-state index is 11.3. The maximum absolute atomic E-state index is 11.3. The van der Waals surface area contributed by atoms with E-state index in [1.54, 1.807) is 0 Å². The van der Waals surface area contributed by atoms with E-state index in [0.29, 0.717) is 5.56 Å². The van der Waals surface area contributed by atoms with Gasteiger partial charge in [-0.15, -0.1) is 0 Å². The van der Waals surface area contributed by atoms with Gasteiger partial charge in [0.15, 0.2) is 6.29 Å². The molecule has 1 aliphatic heterocycles. The Bertz CT molecular complexity index is 537. The molecule has 2 rings (SSSR count). The van der Waals surface area contributed by atoms with Gasteiger partial charge in [-0.2, -0.15) is 0 Å². The van der Waals surface area contributed by atoms with Crippen molar-refractivity contribution < 1.29 is 14.1 Å². The molecule has 1 aliphatic rings. The molecular weight excluding hydrogens is 277 g/mol. The summed E-state index contributed by atoms with van der Waals surface area (Å²) in [6, 6.07) is 5.78. The minimum atomic E-state index is -0.403. The van der Waals surface area contributed by atoms with E-state index in [1.807, 2.05) is 45.9 Å². The number of carbonyl (C=O) groups is 1. The molecule has 0 aromatic heterocycles. The third kappa shape index (κ3) is 2.92. The predicted octanol–water partition coefficient (Wildman–Crippen LogP) is 2.64. The molecule has 22 heavy (non-hydrogen) atoms. The lowest BCUT2D eigenvalue weighted by molar-refractivity contribution is 0.00578. The van der Waals surface area contributed by atoms with Crippen LogP contribution in [0, 0.1) is 0 Å². The number of benzene rings is 1. The minimum absolute atomic E-state index is 0.365. The largest absolute Gasteiger partial charge is 0.494 e. The van der Waals surface area contributed by atoms with Gasteiger partial charge in [-0.1, -0.05) is 6.07 Å². The van der Waals surface area contributed by atoms with Crippen LogP contribution in [0.2, 0.25) is 0 Å². The topological polar surface area (TPSA) is 38.8 Å². The molecule has 0 atom stereocenters. The third-order valence-electron chi connectivity index (χ3n) is 4.81. The first-order valence-electron chi connectivity index (χ1n) is 7.95. The number of hydrogen-bond acceptors (Lipinski definition) is 4. The van der Waals surface area contributed by atoms with E-state index in [0.717, 1.165) is 30.5 Å². The normalized spacial score (nSPS) is 19.3. The van der Waals surface area contributed by atoms with E-state index in [9.17, 15) is 4.79 Å². The van der Waals surface area contributed by atoms with Gasteiger partial charge in [-0.05, 0) is 59.1 Å². The highest BCUT2D eigenvalue weighted by atomic mass is 16.7. The second kappa shape index (κ2) is 6.05. The lowest BCUT2D eigenvalue weighted by Gasteiger charge is -2.32. The minimum Gasteiger partial charge on any atom is -0.399 e. The Kier molecular flexibility index (Phi) is 4.69. The predicted molar refractivity (Wildman–Crippen MR) is 91.1 cm³/mol. The van der Waals surface area contributed by atoms with E-state index in [1.165, 1.54) is 0 Å². The van der Waals surface area contributed by atoms with Gasteiger partial charge in [0.2, 0.25) is 0 Å². The van der Waals surface area contributed by atoms with Crippen molar-refractivity contribution in [2.24, 2.45) is 0 Å². The van der Waals surface area contributed by atoms with Gasteiger partial charge in [-0.25, -0.2) is 0 Å². The first-order valence-corrected chi connectivity index (χ1v) is 7.95. The molecular formula is C17H26BNO3. The van der Waals surface area contributed by atoms with Crippen molar-refractivity contribution in [2.45, 2.75) is 52.7 Å². The van der Waals surface area contributed by atoms with Crippen LogP contribution >= 0.6 is 0 Å². The maximum Gasteiger partial charge on any atom is 0.494 e. The summed E-state index contributed by atoms with van der Waals surface area (Å²) >= 11 is 0. The van der Waals surface area contributed by atoms with Crippen LogP contribution in [0.15, 0.2) is 18.2 Å². The van der Waals surface area contributed by atoms with E-state index < -0.39 is 7.12 Å². The van der Waals surface area contributed by atoms with Crippen molar-refractivity contribution in [1.82, 2.24) is 0 Å². The number of carbonyl (C=O) groups excluding carboxylic acids is 1. The lowest BCUT2D eigenvalue weighted by Crippen LogP contribution is -2.41. The van der Waals surface area contributed by atoms with Gasteiger partial charge in [-0.3, -0.25) is 4.79 Å². The number of hydrogen-bond donors (Lipinski definition) is 0. The second-order valence-electron chi connectivity index (χ2n) is 6.70. The molecule has 0 saturated carbocycles. The molecule has 1 aromatic carbocycles. The summed E-state index contributed by atoms with van der Waals surface area (Å²) in [5.41, 5.74) is 1.86. The fourth-order valence-corrected chi connectivity index (χ4v) is 2.62. The van der Waals surface area contributed by atoms with Crippen molar-refractivity contribution in [3.8, 4) is 0 Å². The summed E-state index contributed by atoms with van der Waals surface area (Å²) in [6.45, 7) is 14.0. The molecule has 1 saturated heterocycles. The zero-order valence-electron chi connectivity index (χ0n) is 14.5. The molecule has 5 heteroatoms. The molecule has 0 aliphatic carbocycles. The highest BCUT2D eigenvalue weighted by Gasteiger charge is 2.51. The van der Waals surface area contributed by atoms with Crippen LogP contribution in [-0.2, 0) is 9.31 Å². The molecule has 0 unspecified atom stereocenters. The van der Waals surface area contributed by atoms with Crippen molar-refractivity contribution in [1.29, 1.82) is 0 Å². The average Bonchev–Trinajstić information content (AvgIpc) is 2.68. The van der Waals surface area contributed by atoms with Gasteiger partial charge >= 0.3 is 7.12 Å². The van der Waals surface area contributed by atoms with Crippen LogP contribution in [0.25, 0.3) is 0 Å². The van der Waals surface area contributed by atoms with E-state index in [2.05, 4.69) is 18.7 Å². The Morgan fingerprint density at radius 1 is 1.09 bits per heavy atom. The van der Waals surface area contributed by atoms with Crippen LogP contribution in [0.4, 0.5) is 5.69 Å². The van der Waals surface area contributed by atoms with Crippen molar-refractivity contribution in [3.05, 3.63) is 23.8 Å². The Hall–Kier alpha value is -1.33. The highest BCUT2D eigenvalue weighted by Crippen LogP contribution is 2.36. The molecule has 0 N–H and O–H groups in total. The number of aldehydes is 1. The van der Waals surface area contributed by atoms with Crippen LogP contribution in [0.1, 0.15) is 51.9 Å². The summed E-state index contributed by atoms with van der Waals surface area (Å²) in [5.74, 6) is 0. The molecule has 0 amide bonds. The van der Waals surface area contributed by atoms with Gasteiger partial charge in [0, 0.05) is 24.3 Å². The zero-order valence-corrected chi connectivity index (χ0v) is 14.5. The van der Waals surface area contributed by atoms with E-state index in [-0.39, 0.29) is 11.2 Å². The first-order chi connectivity index (χ1) is 10.3. The smallest absolute Gasteiger partial charge is 0.399 e. The Morgan fingerprint density at radius 2 is 1.64 bits per heavy atom. The monoisotopic (exact) mass is 303 g/mol. The van der Waals surface area contributed by atoms with Crippen LogP contribution in [-0.4, -0.2) is 37.7 Å². The molecule has 0 spiro atoms. The molecule has 120 valence electrons. The highest BCUT2D eigenvalue weighted by molar-refractivity contribution is 6.62. The Balaban J connectivity index is 2.38. The molecule has 0 radical (unpaired) electrons. The summed E-state index contributed by atoms with van der Waals surface area (Å²) in [6.07, 6.45) is 0.904. The summed E-state index contributed by atoms with van der Waals surface area (Å²) in [4.78, 5) is 13.5. The Labute approximate surface area is 133 Å². The van der Waals surface area contributed by atoms with Gasteiger partial charge in [0.05, 0.1) is 11.2 Å².